The molecule has 8 heteroatoms. The number of benzene rings is 1. The highest BCUT2D eigenvalue weighted by molar-refractivity contribution is 7.91. The first-order chi connectivity index (χ1) is 11.2. The van der Waals surface area contributed by atoms with E-state index in [2.05, 4.69) is 5.32 Å². The Balaban J connectivity index is 2.11. The zero-order valence-corrected chi connectivity index (χ0v) is 15.0. The van der Waals surface area contributed by atoms with Gasteiger partial charge in [-0.1, -0.05) is 30.3 Å². The highest BCUT2D eigenvalue weighted by Crippen LogP contribution is 2.32. The number of thiophene rings is 1. The number of nitrogens with one attached hydrogen (secondary N) is 1. The van der Waals surface area contributed by atoms with Crippen molar-refractivity contribution in [2.24, 2.45) is 5.73 Å². The van der Waals surface area contributed by atoms with Crippen LogP contribution in [0.5, 0.6) is 0 Å². The fraction of sp³-hybridized carbons (Fsp3) is 0.250. The predicted molar refractivity (Wildman–Crippen MR) is 94.9 cm³/mol. The molecule has 128 valence electrons. The van der Waals surface area contributed by atoms with Crippen molar-refractivity contribution in [3.05, 3.63) is 51.9 Å². The number of hydrogen-bond donors (Lipinski definition) is 2. The SMILES string of the molecule is Cc1sc(NC(=O)CS(=O)(=O)Cc2ccccc2)c(C(N)=O)c1C. The third kappa shape index (κ3) is 4.42. The van der Waals surface area contributed by atoms with Crippen LogP contribution in [0, 0.1) is 13.8 Å². The van der Waals surface area contributed by atoms with Crippen molar-refractivity contribution in [3.63, 3.8) is 0 Å². The first kappa shape index (κ1) is 18.2. The fourth-order valence-electron chi connectivity index (χ4n) is 2.25. The second-order valence-electron chi connectivity index (χ2n) is 5.42. The molecule has 3 N–H and O–H groups in total. The molecule has 1 heterocycles. The number of hydrogen-bond acceptors (Lipinski definition) is 5. The lowest BCUT2D eigenvalue weighted by Gasteiger charge is -2.06. The van der Waals surface area contributed by atoms with Gasteiger partial charge in [0.2, 0.25) is 5.91 Å². The molecule has 0 aliphatic carbocycles. The van der Waals surface area contributed by atoms with Crippen molar-refractivity contribution >= 4 is 38.0 Å². The third-order valence-corrected chi connectivity index (χ3v) is 6.06. The van der Waals surface area contributed by atoms with E-state index in [0.29, 0.717) is 11.1 Å². The molecule has 0 saturated carbocycles. The molecule has 0 saturated heterocycles. The van der Waals surface area contributed by atoms with Crippen LogP contribution < -0.4 is 11.1 Å². The molecule has 6 nitrogen and oxygen atoms in total. The lowest BCUT2D eigenvalue weighted by atomic mass is 10.1. The second-order valence-corrected chi connectivity index (χ2v) is 8.71. The zero-order chi connectivity index (χ0) is 17.9. The average molecular weight is 366 g/mol. The van der Waals surface area contributed by atoms with Crippen LogP contribution in [0.25, 0.3) is 0 Å². The molecular weight excluding hydrogens is 348 g/mol. The minimum absolute atomic E-state index is 0.216. The minimum Gasteiger partial charge on any atom is -0.365 e. The van der Waals surface area contributed by atoms with E-state index in [1.165, 1.54) is 11.3 Å². The molecule has 2 amide bonds. The van der Waals surface area contributed by atoms with Gasteiger partial charge in [0.25, 0.3) is 5.91 Å². The van der Waals surface area contributed by atoms with Gasteiger partial charge < -0.3 is 11.1 Å². The van der Waals surface area contributed by atoms with Crippen LogP contribution in [0.2, 0.25) is 0 Å². The monoisotopic (exact) mass is 366 g/mol. The van der Waals surface area contributed by atoms with Crippen molar-refractivity contribution in [2.75, 3.05) is 11.1 Å². The summed E-state index contributed by atoms with van der Waals surface area (Å²) in [6.07, 6.45) is 0. The van der Waals surface area contributed by atoms with E-state index in [9.17, 15) is 18.0 Å². The van der Waals surface area contributed by atoms with Crippen molar-refractivity contribution < 1.29 is 18.0 Å². The first-order valence-corrected chi connectivity index (χ1v) is 9.77. The van der Waals surface area contributed by atoms with Gasteiger partial charge in [-0.15, -0.1) is 11.3 Å². The van der Waals surface area contributed by atoms with Gasteiger partial charge >= 0.3 is 0 Å². The number of carbonyl (C=O) groups is 2. The maximum atomic E-state index is 12.1. The van der Waals surface area contributed by atoms with Gasteiger partial charge in [0.1, 0.15) is 10.8 Å². The Labute approximate surface area is 144 Å². The van der Waals surface area contributed by atoms with Gasteiger partial charge in [-0.05, 0) is 25.0 Å². The molecule has 0 bridgehead atoms. The zero-order valence-electron chi connectivity index (χ0n) is 13.3. The largest absolute Gasteiger partial charge is 0.365 e. The normalized spacial score (nSPS) is 11.2. The van der Waals surface area contributed by atoms with E-state index in [4.69, 9.17) is 5.73 Å². The van der Waals surface area contributed by atoms with Crippen molar-refractivity contribution in [2.45, 2.75) is 19.6 Å². The first-order valence-electron chi connectivity index (χ1n) is 7.13. The molecule has 0 fully saturated rings. The lowest BCUT2D eigenvalue weighted by Crippen LogP contribution is -2.25. The number of rotatable bonds is 6. The van der Waals surface area contributed by atoms with Crippen LogP contribution in [0.4, 0.5) is 5.00 Å². The number of carbonyl (C=O) groups excluding carboxylic acids is 2. The Morgan fingerprint density at radius 1 is 1.17 bits per heavy atom. The van der Waals surface area contributed by atoms with E-state index < -0.39 is 27.4 Å². The highest BCUT2D eigenvalue weighted by Gasteiger charge is 2.22. The van der Waals surface area contributed by atoms with E-state index >= 15 is 0 Å². The summed E-state index contributed by atoms with van der Waals surface area (Å²) in [5.41, 5.74) is 6.87. The van der Waals surface area contributed by atoms with Gasteiger partial charge in [-0.3, -0.25) is 9.59 Å². The number of amides is 2. The second kappa shape index (κ2) is 7.14. The molecule has 1 aromatic heterocycles. The van der Waals surface area contributed by atoms with Gasteiger partial charge in [-0.2, -0.15) is 0 Å². The fourth-order valence-corrected chi connectivity index (χ4v) is 4.61. The molecule has 0 spiro atoms. The van der Waals surface area contributed by atoms with Crippen LogP contribution in [0.15, 0.2) is 30.3 Å². The summed E-state index contributed by atoms with van der Waals surface area (Å²) in [6.45, 7) is 3.53. The Morgan fingerprint density at radius 2 is 1.79 bits per heavy atom. The smallest absolute Gasteiger partial charge is 0.251 e. The maximum Gasteiger partial charge on any atom is 0.251 e. The molecule has 0 aliphatic heterocycles. The summed E-state index contributed by atoms with van der Waals surface area (Å²) in [7, 11) is -3.61. The van der Waals surface area contributed by atoms with E-state index in [-0.39, 0.29) is 16.3 Å². The third-order valence-electron chi connectivity index (χ3n) is 3.47. The number of primary amides is 1. The molecule has 24 heavy (non-hydrogen) atoms. The van der Waals surface area contributed by atoms with Crippen LogP contribution in [0.1, 0.15) is 26.4 Å². The number of aryl methyl sites for hydroxylation is 1. The van der Waals surface area contributed by atoms with Crippen LogP contribution in [-0.4, -0.2) is 26.0 Å². The molecule has 0 unspecified atom stereocenters. The summed E-state index contributed by atoms with van der Waals surface area (Å²) < 4.78 is 24.3. The highest BCUT2D eigenvalue weighted by atomic mass is 32.2. The standard InChI is InChI=1S/C16H18N2O4S2/c1-10-11(2)23-16(14(10)15(17)20)18-13(19)9-24(21,22)8-12-6-4-3-5-7-12/h3-7H,8-9H2,1-2H3,(H2,17,20)(H,18,19). The van der Waals surface area contributed by atoms with E-state index in [0.717, 1.165) is 4.88 Å². The van der Waals surface area contributed by atoms with Crippen LogP contribution in [-0.2, 0) is 20.4 Å². The van der Waals surface area contributed by atoms with Gasteiger partial charge in [0.15, 0.2) is 9.84 Å². The maximum absolute atomic E-state index is 12.1. The molecule has 1 aromatic carbocycles. The number of nitrogens with two attached hydrogens (primary N) is 1. The minimum atomic E-state index is -3.61. The van der Waals surface area contributed by atoms with Crippen molar-refractivity contribution in [3.8, 4) is 0 Å². The Hall–Kier alpha value is -2.19. The van der Waals surface area contributed by atoms with Gasteiger partial charge in [0.05, 0.1) is 11.3 Å². The van der Waals surface area contributed by atoms with Crippen molar-refractivity contribution in [1.29, 1.82) is 0 Å². The molecular formula is C16H18N2O4S2. The molecule has 0 aliphatic rings. The Kier molecular flexibility index (Phi) is 5.40. The Morgan fingerprint density at radius 3 is 2.38 bits per heavy atom. The number of sulfone groups is 1. The number of anilines is 1. The van der Waals surface area contributed by atoms with Gasteiger partial charge in [0, 0.05) is 4.88 Å². The summed E-state index contributed by atoms with van der Waals surface area (Å²) in [6, 6.07) is 8.64. The molecule has 2 aromatic rings. The van der Waals surface area contributed by atoms with Crippen LogP contribution >= 0.6 is 11.3 Å². The summed E-state index contributed by atoms with van der Waals surface area (Å²) in [5.74, 6) is -2.21. The summed E-state index contributed by atoms with van der Waals surface area (Å²) >= 11 is 1.20. The Bertz CT molecular complexity index is 871. The molecule has 0 radical (unpaired) electrons. The van der Waals surface area contributed by atoms with E-state index in [1.807, 2.05) is 0 Å². The summed E-state index contributed by atoms with van der Waals surface area (Å²) in [5, 5.41) is 2.78. The van der Waals surface area contributed by atoms with Gasteiger partial charge in [-0.25, -0.2) is 8.42 Å². The molecule has 2 rings (SSSR count). The van der Waals surface area contributed by atoms with Crippen LogP contribution in [0.3, 0.4) is 0 Å². The average Bonchev–Trinajstić information content (AvgIpc) is 2.73. The predicted octanol–water partition coefficient (Wildman–Crippen LogP) is 2.02. The topological polar surface area (TPSA) is 106 Å². The van der Waals surface area contributed by atoms with Crippen molar-refractivity contribution in [1.82, 2.24) is 0 Å². The van der Waals surface area contributed by atoms with E-state index in [1.54, 1.807) is 44.2 Å². The summed E-state index contributed by atoms with van der Waals surface area (Å²) in [4.78, 5) is 24.4. The molecule has 0 atom stereocenters. The quantitative estimate of drug-likeness (QED) is 0.815. The lowest BCUT2D eigenvalue weighted by molar-refractivity contribution is -0.113.